The van der Waals surface area contributed by atoms with Crippen LogP contribution in [-0.4, -0.2) is 22.6 Å². The van der Waals surface area contributed by atoms with Gasteiger partial charge in [-0.15, -0.1) is 0 Å². The van der Waals surface area contributed by atoms with Crippen LogP contribution in [0, 0.1) is 6.92 Å². The zero-order valence-electron chi connectivity index (χ0n) is 10.1. The Morgan fingerprint density at radius 2 is 2.33 bits per heavy atom. The SMILES string of the molecule is Cc1cccnc1C1=NC(=O)C2NC=CC=C2C1. The highest BCUT2D eigenvalue weighted by atomic mass is 16.1. The molecule has 1 N–H and O–H groups in total. The number of carbonyl (C=O) groups is 1. The van der Waals surface area contributed by atoms with Crippen LogP contribution in [-0.2, 0) is 4.79 Å². The highest BCUT2D eigenvalue weighted by molar-refractivity contribution is 6.11. The van der Waals surface area contributed by atoms with E-state index in [9.17, 15) is 4.79 Å². The Hall–Kier alpha value is -2.23. The lowest BCUT2D eigenvalue weighted by Gasteiger charge is -2.25. The molecular formula is C14H13N3O. The summed E-state index contributed by atoms with van der Waals surface area (Å²) in [6, 6.07) is 3.58. The summed E-state index contributed by atoms with van der Waals surface area (Å²) in [5.41, 5.74) is 3.68. The molecular weight excluding hydrogens is 226 g/mol. The summed E-state index contributed by atoms with van der Waals surface area (Å²) in [4.78, 5) is 20.5. The molecule has 1 aromatic heterocycles. The van der Waals surface area contributed by atoms with Crippen LogP contribution in [0.3, 0.4) is 0 Å². The number of hydrogen-bond acceptors (Lipinski definition) is 3. The van der Waals surface area contributed by atoms with Crippen LogP contribution >= 0.6 is 0 Å². The third-order valence-electron chi connectivity index (χ3n) is 3.19. The Bertz CT molecular complexity index is 599. The van der Waals surface area contributed by atoms with E-state index in [-0.39, 0.29) is 11.9 Å². The van der Waals surface area contributed by atoms with Crippen molar-refractivity contribution in [2.45, 2.75) is 19.4 Å². The van der Waals surface area contributed by atoms with E-state index in [0.29, 0.717) is 6.42 Å². The van der Waals surface area contributed by atoms with Crippen LogP contribution in [0.25, 0.3) is 0 Å². The highest BCUT2D eigenvalue weighted by Gasteiger charge is 2.29. The standard InChI is InChI=1S/C14H13N3O/c1-9-4-2-6-15-12(9)11-8-10-5-3-7-16-13(10)14(18)17-11/h2-7,13,16H,8H2,1H3. The summed E-state index contributed by atoms with van der Waals surface area (Å²) in [6.45, 7) is 1.98. The van der Waals surface area contributed by atoms with Crippen LogP contribution in [0.4, 0.5) is 0 Å². The van der Waals surface area contributed by atoms with Crippen molar-refractivity contribution in [2.75, 3.05) is 0 Å². The Kier molecular flexibility index (Phi) is 2.55. The van der Waals surface area contributed by atoms with Gasteiger partial charge >= 0.3 is 0 Å². The minimum Gasteiger partial charge on any atom is -0.376 e. The maximum absolute atomic E-state index is 12.0. The van der Waals surface area contributed by atoms with Gasteiger partial charge in [-0.25, -0.2) is 4.99 Å². The van der Waals surface area contributed by atoms with Crippen molar-refractivity contribution in [1.29, 1.82) is 0 Å². The van der Waals surface area contributed by atoms with Gasteiger partial charge in [-0.3, -0.25) is 9.78 Å². The predicted molar refractivity (Wildman–Crippen MR) is 69.3 cm³/mol. The second-order valence-corrected chi connectivity index (χ2v) is 4.44. The number of carbonyl (C=O) groups excluding carboxylic acids is 1. The summed E-state index contributed by atoms with van der Waals surface area (Å²) in [7, 11) is 0. The first-order valence-corrected chi connectivity index (χ1v) is 5.91. The van der Waals surface area contributed by atoms with Gasteiger partial charge in [0.05, 0.1) is 11.4 Å². The van der Waals surface area contributed by atoms with Gasteiger partial charge in [0.1, 0.15) is 6.04 Å². The normalized spacial score (nSPS) is 21.8. The van der Waals surface area contributed by atoms with Gasteiger partial charge in [-0.2, -0.15) is 0 Å². The largest absolute Gasteiger partial charge is 0.376 e. The number of fused-ring (bicyclic) bond motifs is 1. The van der Waals surface area contributed by atoms with Crippen LogP contribution in [0.2, 0.25) is 0 Å². The molecule has 2 aliphatic heterocycles. The first-order chi connectivity index (χ1) is 8.75. The molecule has 0 aliphatic carbocycles. The van der Waals surface area contributed by atoms with Crippen molar-refractivity contribution in [2.24, 2.45) is 4.99 Å². The maximum Gasteiger partial charge on any atom is 0.272 e. The molecule has 3 rings (SSSR count). The average molecular weight is 239 g/mol. The van der Waals surface area contributed by atoms with Gasteiger partial charge in [0.2, 0.25) is 0 Å². The number of allylic oxidation sites excluding steroid dienone is 2. The Morgan fingerprint density at radius 3 is 3.17 bits per heavy atom. The molecule has 0 saturated heterocycles. The summed E-state index contributed by atoms with van der Waals surface area (Å²) < 4.78 is 0. The average Bonchev–Trinajstić information content (AvgIpc) is 2.39. The molecule has 1 amide bonds. The van der Waals surface area contributed by atoms with E-state index in [0.717, 1.165) is 22.5 Å². The molecule has 0 spiro atoms. The van der Waals surface area contributed by atoms with Crippen molar-refractivity contribution in [3.05, 3.63) is 53.5 Å². The van der Waals surface area contributed by atoms with E-state index in [4.69, 9.17) is 0 Å². The van der Waals surface area contributed by atoms with Crippen LogP contribution in [0.5, 0.6) is 0 Å². The molecule has 0 radical (unpaired) electrons. The van der Waals surface area contributed by atoms with Gasteiger partial charge in [-0.1, -0.05) is 12.1 Å². The predicted octanol–water partition coefficient (Wildman–Crippen LogP) is 1.52. The molecule has 2 aliphatic rings. The molecule has 0 aromatic carbocycles. The Morgan fingerprint density at radius 1 is 1.44 bits per heavy atom. The third kappa shape index (κ3) is 1.76. The van der Waals surface area contributed by atoms with Crippen LogP contribution in [0.1, 0.15) is 17.7 Å². The third-order valence-corrected chi connectivity index (χ3v) is 3.19. The number of amides is 1. The second-order valence-electron chi connectivity index (χ2n) is 4.44. The van der Waals surface area contributed by atoms with E-state index < -0.39 is 0 Å². The van der Waals surface area contributed by atoms with E-state index in [1.54, 1.807) is 12.4 Å². The lowest BCUT2D eigenvalue weighted by atomic mass is 9.92. The molecule has 4 heteroatoms. The number of aliphatic imine (C=N–C) groups is 1. The first kappa shape index (κ1) is 10.9. The fourth-order valence-electron chi connectivity index (χ4n) is 2.27. The number of dihydropyridines is 1. The van der Waals surface area contributed by atoms with Crippen LogP contribution < -0.4 is 5.32 Å². The number of hydrogen-bond donors (Lipinski definition) is 1. The topological polar surface area (TPSA) is 54.4 Å². The van der Waals surface area contributed by atoms with Crippen molar-refractivity contribution in [3.63, 3.8) is 0 Å². The summed E-state index contributed by atoms with van der Waals surface area (Å²) in [5.74, 6) is -0.142. The quantitative estimate of drug-likeness (QED) is 0.808. The molecule has 4 nitrogen and oxygen atoms in total. The number of aromatic nitrogens is 1. The second kappa shape index (κ2) is 4.22. The molecule has 0 saturated carbocycles. The molecule has 1 unspecified atom stereocenters. The van der Waals surface area contributed by atoms with E-state index in [2.05, 4.69) is 15.3 Å². The molecule has 1 aromatic rings. The van der Waals surface area contributed by atoms with Crippen molar-refractivity contribution < 1.29 is 4.79 Å². The van der Waals surface area contributed by atoms with Crippen LogP contribution in [0.15, 0.2) is 47.2 Å². The molecule has 3 heterocycles. The van der Waals surface area contributed by atoms with E-state index in [1.807, 2.05) is 31.2 Å². The molecule has 18 heavy (non-hydrogen) atoms. The number of aryl methyl sites for hydroxylation is 1. The monoisotopic (exact) mass is 239 g/mol. The minimum atomic E-state index is -0.289. The fraction of sp³-hybridized carbons (Fsp3) is 0.214. The molecule has 0 bridgehead atoms. The number of pyridine rings is 1. The smallest absolute Gasteiger partial charge is 0.272 e. The molecule has 90 valence electrons. The van der Waals surface area contributed by atoms with Gasteiger partial charge in [0.15, 0.2) is 0 Å². The van der Waals surface area contributed by atoms with Gasteiger partial charge in [0.25, 0.3) is 5.91 Å². The van der Waals surface area contributed by atoms with E-state index >= 15 is 0 Å². The van der Waals surface area contributed by atoms with Gasteiger partial charge in [0, 0.05) is 12.6 Å². The molecule has 1 atom stereocenters. The summed E-state index contributed by atoms with van der Waals surface area (Å²) >= 11 is 0. The Balaban J connectivity index is 2.02. The fourth-order valence-corrected chi connectivity index (χ4v) is 2.27. The number of nitrogens with zero attached hydrogens (tertiary/aromatic N) is 2. The van der Waals surface area contributed by atoms with Gasteiger partial charge in [-0.05, 0) is 36.4 Å². The zero-order chi connectivity index (χ0) is 12.5. The number of rotatable bonds is 1. The van der Waals surface area contributed by atoms with E-state index in [1.165, 1.54) is 0 Å². The lowest BCUT2D eigenvalue weighted by Crippen LogP contribution is -2.40. The van der Waals surface area contributed by atoms with Crippen molar-refractivity contribution in [1.82, 2.24) is 10.3 Å². The highest BCUT2D eigenvalue weighted by Crippen LogP contribution is 2.22. The maximum atomic E-state index is 12.0. The lowest BCUT2D eigenvalue weighted by molar-refractivity contribution is -0.118. The summed E-state index contributed by atoms with van der Waals surface area (Å²) in [6.07, 6.45) is 8.07. The Labute approximate surface area is 105 Å². The van der Waals surface area contributed by atoms with Crippen molar-refractivity contribution >= 4 is 11.6 Å². The zero-order valence-corrected chi connectivity index (χ0v) is 10.1. The number of nitrogens with one attached hydrogen (secondary N) is 1. The molecule has 0 fully saturated rings. The van der Waals surface area contributed by atoms with Crippen molar-refractivity contribution in [3.8, 4) is 0 Å². The summed E-state index contributed by atoms with van der Waals surface area (Å²) in [5, 5.41) is 3.03. The minimum absolute atomic E-state index is 0.142. The van der Waals surface area contributed by atoms with Gasteiger partial charge < -0.3 is 5.32 Å². The first-order valence-electron chi connectivity index (χ1n) is 5.91.